The number of sulfonamides is 1. The van der Waals surface area contributed by atoms with Crippen molar-refractivity contribution in [2.45, 2.75) is 30.8 Å². The zero-order valence-electron chi connectivity index (χ0n) is 12.2. The first-order valence-electron chi connectivity index (χ1n) is 6.79. The largest absolute Gasteiger partial charge is 0.469 e. The molecule has 2 aromatic rings. The number of furan rings is 1. The maximum atomic E-state index is 12.3. The first-order chi connectivity index (χ1) is 10.0. The van der Waals surface area contributed by atoms with E-state index in [4.69, 9.17) is 4.42 Å². The molecule has 5 nitrogen and oxygen atoms in total. The third-order valence-electron chi connectivity index (χ3n) is 3.06. The molecule has 114 valence electrons. The monoisotopic (exact) mass is 308 g/mol. The molecule has 2 rings (SSSR count). The van der Waals surface area contributed by atoms with E-state index in [0.29, 0.717) is 13.0 Å². The minimum Gasteiger partial charge on any atom is -0.469 e. The molecule has 6 heteroatoms. The number of benzene rings is 1. The summed E-state index contributed by atoms with van der Waals surface area (Å²) in [5, 5.41) is 3.02. The summed E-state index contributed by atoms with van der Waals surface area (Å²) in [6.45, 7) is 2.53. The Labute approximate surface area is 125 Å². The minimum atomic E-state index is -3.51. The van der Waals surface area contributed by atoms with Crippen LogP contribution in [-0.2, 0) is 23.0 Å². The average molecular weight is 308 g/mol. The maximum absolute atomic E-state index is 12.3. The molecule has 0 saturated carbocycles. The molecule has 0 aliphatic rings. The van der Waals surface area contributed by atoms with Gasteiger partial charge >= 0.3 is 0 Å². The molecular weight excluding hydrogens is 288 g/mol. The number of hydrogen-bond donors (Lipinski definition) is 2. The van der Waals surface area contributed by atoms with Crippen LogP contribution >= 0.6 is 0 Å². The van der Waals surface area contributed by atoms with Crippen LogP contribution in [0.15, 0.2) is 52.0 Å². The van der Waals surface area contributed by atoms with Crippen LogP contribution in [0.4, 0.5) is 0 Å². The highest BCUT2D eigenvalue weighted by Gasteiger charge is 2.18. The lowest BCUT2D eigenvalue weighted by atomic mass is 10.2. The van der Waals surface area contributed by atoms with Gasteiger partial charge in [-0.15, -0.1) is 0 Å². The van der Waals surface area contributed by atoms with E-state index in [1.54, 1.807) is 24.5 Å². The molecule has 1 aromatic carbocycles. The van der Waals surface area contributed by atoms with Crippen molar-refractivity contribution in [1.29, 1.82) is 0 Å². The average Bonchev–Trinajstić information content (AvgIpc) is 2.92. The van der Waals surface area contributed by atoms with E-state index in [1.165, 1.54) is 0 Å². The second kappa shape index (κ2) is 6.89. The van der Waals surface area contributed by atoms with Crippen LogP contribution in [0, 0.1) is 0 Å². The van der Waals surface area contributed by atoms with Gasteiger partial charge in [-0.2, -0.15) is 0 Å². The highest BCUT2D eigenvalue weighted by Crippen LogP contribution is 2.12. The molecule has 1 unspecified atom stereocenters. The fraction of sp³-hybridized carbons (Fsp3) is 0.333. The lowest BCUT2D eigenvalue weighted by Gasteiger charge is -2.13. The van der Waals surface area contributed by atoms with E-state index >= 15 is 0 Å². The van der Waals surface area contributed by atoms with Gasteiger partial charge in [-0.05, 0) is 43.8 Å². The summed E-state index contributed by atoms with van der Waals surface area (Å²) >= 11 is 0. The van der Waals surface area contributed by atoms with Gasteiger partial charge in [-0.1, -0.05) is 12.1 Å². The second-order valence-corrected chi connectivity index (χ2v) is 6.69. The van der Waals surface area contributed by atoms with Crippen LogP contribution in [0.5, 0.6) is 0 Å². The van der Waals surface area contributed by atoms with Crippen LogP contribution in [0.2, 0.25) is 0 Å². The van der Waals surface area contributed by atoms with Crippen LogP contribution in [0.3, 0.4) is 0 Å². The van der Waals surface area contributed by atoms with Crippen molar-refractivity contribution in [3.05, 3.63) is 54.0 Å². The lowest BCUT2D eigenvalue weighted by Crippen LogP contribution is -2.34. The fourth-order valence-electron chi connectivity index (χ4n) is 2.10. The Bertz CT molecular complexity index is 649. The molecule has 0 bridgehead atoms. The molecule has 1 aromatic heterocycles. The first-order valence-corrected chi connectivity index (χ1v) is 8.28. The topological polar surface area (TPSA) is 71.3 Å². The standard InChI is InChI=1S/C15H20N2O3S/c1-12(10-14-4-3-9-20-14)17-21(18,19)15-7-5-13(6-8-15)11-16-2/h3-9,12,16-17H,10-11H2,1-2H3. The fourth-order valence-corrected chi connectivity index (χ4v) is 3.34. The van der Waals surface area contributed by atoms with Gasteiger partial charge in [-0.25, -0.2) is 13.1 Å². The van der Waals surface area contributed by atoms with Crippen LogP contribution in [-0.4, -0.2) is 21.5 Å². The second-order valence-electron chi connectivity index (χ2n) is 4.98. The molecule has 21 heavy (non-hydrogen) atoms. The maximum Gasteiger partial charge on any atom is 0.240 e. The van der Waals surface area contributed by atoms with Crippen molar-refractivity contribution in [3.8, 4) is 0 Å². The molecule has 0 amide bonds. The summed E-state index contributed by atoms with van der Waals surface area (Å²) in [5.41, 5.74) is 1.04. The van der Waals surface area contributed by atoms with E-state index in [2.05, 4.69) is 10.0 Å². The molecule has 0 saturated heterocycles. The first kappa shape index (κ1) is 15.8. The molecule has 0 aliphatic carbocycles. The SMILES string of the molecule is CNCc1ccc(S(=O)(=O)NC(C)Cc2ccco2)cc1. The molecule has 0 aliphatic heterocycles. The van der Waals surface area contributed by atoms with Gasteiger partial charge in [0.2, 0.25) is 10.0 Å². The van der Waals surface area contributed by atoms with Gasteiger partial charge in [0.25, 0.3) is 0 Å². The lowest BCUT2D eigenvalue weighted by molar-refractivity contribution is 0.479. The normalized spacial score (nSPS) is 13.2. The highest BCUT2D eigenvalue weighted by molar-refractivity contribution is 7.89. The Balaban J connectivity index is 2.03. The van der Waals surface area contributed by atoms with E-state index < -0.39 is 10.0 Å². The van der Waals surface area contributed by atoms with Crippen LogP contribution in [0.25, 0.3) is 0 Å². The van der Waals surface area contributed by atoms with Gasteiger partial charge < -0.3 is 9.73 Å². The summed E-state index contributed by atoms with van der Waals surface area (Å²) in [6.07, 6.45) is 2.10. The van der Waals surface area contributed by atoms with Crippen molar-refractivity contribution in [2.24, 2.45) is 0 Å². The highest BCUT2D eigenvalue weighted by atomic mass is 32.2. The Kier molecular flexibility index (Phi) is 5.17. The molecule has 1 heterocycles. The van der Waals surface area contributed by atoms with Gasteiger partial charge in [0.15, 0.2) is 0 Å². The van der Waals surface area contributed by atoms with Crippen LogP contribution < -0.4 is 10.0 Å². The van der Waals surface area contributed by atoms with Crippen LogP contribution in [0.1, 0.15) is 18.2 Å². The van der Waals surface area contributed by atoms with Gasteiger partial charge in [0.05, 0.1) is 11.2 Å². The van der Waals surface area contributed by atoms with Crippen molar-refractivity contribution in [3.63, 3.8) is 0 Å². The van der Waals surface area contributed by atoms with Crippen molar-refractivity contribution >= 4 is 10.0 Å². The van der Waals surface area contributed by atoms with Crippen molar-refractivity contribution in [1.82, 2.24) is 10.0 Å². The summed E-state index contributed by atoms with van der Waals surface area (Å²) in [7, 11) is -1.66. The predicted octanol–water partition coefficient (Wildman–Crippen LogP) is 1.91. The number of nitrogens with one attached hydrogen (secondary N) is 2. The Morgan fingerprint density at radius 1 is 1.19 bits per heavy atom. The molecule has 1 atom stereocenters. The summed E-state index contributed by atoms with van der Waals surface area (Å²) in [6, 6.07) is 10.2. The third-order valence-corrected chi connectivity index (χ3v) is 4.66. The van der Waals surface area contributed by atoms with E-state index in [-0.39, 0.29) is 10.9 Å². The summed E-state index contributed by atoms with van der Waals surface area (Å²) in [4.78, 5) is 0.272. The zero-order valence-corrected chi connectivity index (χ0v) is 13.0. The molecule has 0 spiro atoms. The minimum absolute atomic E-state index is 0.238. The summed E-state index contributed by atoms with van der Waals surface area (Å²) in [5.74, 6) is 0.759. The zero-order chi connectivity index (χ0) is 15.3. The van der Waals surface area contributed by atoms with Crippen molar-refractivity contribution < 1.29 is 12.8 Å². The quantitative estimate of drug-likeness (QED) is 0.819. The van der Waals surface area contributed by atoms with E-state index in [0.717, 1.165) is 11.3 Å². The number of hydrogen-bond acceptors (Lipinski definition) is 4. The molecular formula is C15H20N2O3S. The van der Waals surface area contributed by atoms with Gasteiger partial charge in [0.1, 0.15) is 5.76 Å². The van der Waals surface area contributed by atoms with Gasteiger partial charge in [0, 0.05) is 19.0 Å². The Morgan fingerprint density at radius 3 is 2.48 bits per heavy atom. The van der Waals surface area contributed by atoms with Gasteiger partial charge in [-0.3, -0.25) is 0 Å². The molecule has 2 N–H and O–H groups in total. The van der Waals surface area contributed by atoms with E-state index in [1.807, 2.05) is 32.2 Å². The number of rotatable bonds is 7. The predicted molar refractivity (Wildman–Crippen MR) is 81.4 cm³/mol. The van der Waals surface area contributed by atoms with E-state index in [9.17, 15) is 8.42 Å². The summed E-state index contributed by atoms with van der Waals surface area (Å²) < 4.78 is 32.4. The Morgan fingerprint density at radius 2 is 1.90 bits per heavy atom. The smallest absolute Gasteiger partial charge is 0.240 e. The Hall–Kier alpha value is -1.63. The third kappa shape index (κ3) is 4.42. The molecule has 0 fully saturated rings. The molecule has 0 radical (unpaired) electrons. The van der Waals surface area contributed by atoms with Crippen molar-refractivity contribution in [2.75, 3.05) is 7.05 Å².